The van der Waals surface area contributed by atoms with Crippen LogP contribution in [0.15, 0.2) is 54.6 Å². The zero-order valence-electron chi connectivity index (χ0n) is 15.9. The minimum atomic E-state index is -0.262. The van der Waals surface area contributed by atoms with Crippen molar-refractivity contribution in [3.8, 4) is 0 Å². The molecule has 0 aromatic heterocycles. The second kappa shape index (κ2) is 10.2. The van der Waals surface area contributed by atoms with E-state index in [1.54, 1.807) is 12.1 Å². The van der Waals surface area contributed by atoms with Crippen molar-refractivity contribution in [2.45, 2.75) is 44.8 Å². The van der Waals surface area contributed by atoms with Gasteiger partial charge in [-0.2, -0.15) is 0 Å². The second-order valence-electron chi connectivity index (χ2n) is 7.14. The molecule has 3 rings (SSSR count). The fraction of sp³-hybridized carbons (Fsp3) is 0.364. The van der Waals surface area contributed by atoms with Crippen LogP contribution >= 0.6 is 12.2 Å². The molecule has 1 amide bonds. The van der Waals surface area contributed by atoms with E-state index in [2.05, 4.69) is 10.6 Å². The van der Waals surface area contributed by atoms with Gasteiger partial charge in [-0.1, -0.05) is 61.4 Å². The number of carbonyl (C=O) groups excluding carboxylic acids is 1. The van der Waals surface area contributed by atoms with Gasteiger partial charge in [0.15, 0.2) is 5.11 Å². The zero-order chi connectivity index (χ0) is 19.8. The molecule has 0 atom stereocenters. The highest BCUT2D eigenvalue weighted by Gasteiger charge is 2.18. The number of amides is 1. The summed E-state index contributed by atoms with van der Waals surface area (Å²) in [5.74, 6) is -0.317. The maximum Gasteiger partial charge on any atom is 0.239 e. The van der Waals surface area contributed by atoms with Crippen LogP contribution in [0.3, 0.4) is 0 Å². The van der Waals surface area contributed by atoms with E-state index in [1.807, 2.05) is 41.3 Å². The fourth-order valence-corrected chi connectivity index (χ4v) is 3.65. The quantitative estimate of drug-likeness (QED) is 0.696. The maximum absolute atomic E-state index is 14.1. The molecule has 1 fully saturated rings. The van der Waals surface area contributed by atoms with Gasteiger partial charge in [0.05, 0.1) is 6.54 Å². The van der Waals surface area contributed by atoms with E-state index < -0.39 is 0 Å². The van der Waals surface area contributed by atoms with Gasteiger partial charge in [0, 0.05) is 24.7 Å². The molecule has 6 heteroatoms. The molecule has 148 valence electrons. The van der Waals surface area contributed by atoms with Crippen LogP contribution in [0.1, 0.15) is 36.8 Å². The van der Waals surface area contributed by atoms with E-state index >= 15 is 0 Å². The van der Waals surface area contributed by atoms with E-state index in [-0.39, 0.29) is 24.3 Å². The highest BCUT2D eigenvalue weighted by Crippen LogP contribution is 2.17. The number of nitrogens with zero attached hydrogens (tertiary/aromatic N) is 1. The number of hydrogen-bond donors (Lipinski definition) is 2. The van der Waals surface area contributed by atoms with Crippen LogP contribution in [-0.4, -0.2) is 28.5 Å². The molecule has 0 heterocycles. The minimum Gasteiger partial charge on any atom is -0.353 e. The molecule has 4 nitrogen and oxygen atoms in total. The van der Waals surface area contributed by atoms with Crippen molar-refractivity contribution in [3.05, 3.63) is 71.5 Å². The van der Waals surface area contributed by atoms with Crippen molar-refractivity contribution in [2.24, 2.45) is 0 Å². The molecule has 28 heavy (non-hydrogen) atoms. The molecule has 0 spiro atoms. The summed E-state index contributed by atoms with van der Waals surface area (Å²) >= 11 is 5.53. The Morgan fingerprint density at radius 3 is 2.43 bits per heavy atom. The molecule has 2 aromatic carbocycles. The van der Waals surface area contributed by atoms with Crippen molar-refractivity contribution in [3.63, 3.8) is 0 Å². The topological polar surface area (TPSA) is 44.4 Å². The van der Waals surface area contributed by atoms with Crippen molar-refractivity contribution in [1.29, 1.82) is 0 Å². The summed E-state index contributed by atoms with van der Waals surface area (Å²) in [7, 11) is 0. The number of rotatable bonds is 7. The number of halogens is 1. The molecule has 0 radical (unpaired) electrons. The molecule has 1 aliphatic rings. The van der Waals surface area contributed by atoms with Gasteiger partial charge in [-0.25, -0.2) is 4.39 Å². The van der Waals surface area contributed by atoms with Gasteiger partial charge in [-0.05, 0) is 36.7 Å². The number of carbonyl (C=O) groups is 1. The molecule has 0 aliphatic heterocycles. The molecule has 0 bridgehead atoms. The molecule has 2 aromatic rings. The summed E-state index contributed by atoms with van der Waals surface area (Å²) in [6, 6.07) is 16.8. The summed E-state index contributed by atoms with van der Waals surface area (Å²) in [5.41, 5.74) is 1.64. The predicted molar refractivity (Wildman–Crippen MR) is 113 cm³/mol. The van der Waals surface area contributed by atoms with Gasteiger partial charge in [-0.3, -0.25) is 4.79 Å². The lowest BCUT2D eigenvalue weighted by molar-refractivity contribution is -0.120. The van der Waals surface area contributed by atoms with Gasteiger partial charge in [0.2, 0.25) is 5.91 Å². The molecule has 1 saturated carbocycles. The Bertz CT molecular complexity index is 793. The Morgan fingerprint density at radius 1 is 1.04 bits per heavy atom. The minimum absolute atomic E-state index is 0.0557. The van der Waals surface area contributed by atoms with E-state index in [1.165, 1.54) is 18.9 Å². The monoisotopic (exact) mass is 399 g/mol. The van der Waals surface area contributed by atoms with Crippen LogP contribution in [0.4, 0.5) is 4.39 Å². The SMILES string of the molecule is O=C(CNC(=S)N(Cc1ccccc1)Cc1ccccc1F)NC1CCCC1. The van der Waals surface area contributed by atoms with Crippen LogP contribution in [0.5, 0.6) is 0 Å². The first-order valence-electron chi connectivity index (χ1n) is 9.71. The first kappa shape index (κ1) is 20.3. The largest absolute Gasteiger partial charge is 0.353 e. The van der Waals surface area contributed by atoms with Crippen LogP contribution in [0.25, 0.3) is 0 Å². The maximum atomic E-state index is 14.1. The first-order valence-corrected chi connectivity index (χ1v) is 10.1. The third kappa shape index (κ3) is 6.02. The Labute approximate surface area is 171 Å². The Hall–Kier alpha value is -2.47. The van der Waals surface area contributed by atoms with Crippen molar-refractivity contribution in [1.82, 2.24) is 15.5 Å². The van der Waals surface area contributed by atoms with E-state index in [0.29, 0.717) is 23.8 Å². The molecule has 0 saturated heterocycles. The normalized spacial score (nSPS) is 13.9. The van der Waals surface area contributed by atoms with E-state index in [4.69, 9.17) is 12.2 Å². The number of hydrogen-bond acceptors (Lipinski definition) is 2. The lowest BCUT2D eigenvalue weighted by Gasteiger charge is -2.26. The first-order chi connectivity index (χ1) is 13.6. The van der Waals surface area contributed by atoms with Gasteiger partial charge in [0.25, 0.3) is 0 Å². The summed E-state index contributed by atoms with van der Waals surface area (Å²) in [6.07, 6.45) is 4.43. The lowest BCUT2D eigenvalue weighted by Crippen LogP contribution is -2.45. The lowest BCUT2D eigenvalue weighted by atomic mass is 10.1. The number of thiocarbonyl (C=S) groups is 1. The summed E-state index contributed by atoms with van der Waals surface area (Å²) in [5, 5.41) is 6.52. The number of nitrogens with one attached hydrogen (secondary N) is 2. The van der Waals surface area contributed by atoms with Crippen molar-refractivity contribution >= 4 is 23.2 Å². The van der Waals surface area contributed by atoms with E-state index in [0.717, 1.165) is 18.4 Å². The predicted octanol–water partition coefficient (Wildman–Crippen LogP) is 3.76. The summed E-state index contributed by atoms with van der Waals surface area (Å²) < 4.78 is 14.1. The molecule has 1 aliphatic carbocycles. The van der Waals surface area contributed by atoms with Gasteiger partial charge in [-0.15, -0.1) is 0 Å². The zero-order valence-corrected chi connectivity index (χ0v) is 16.7. The third-order valence-corrected chi connectivity index (χ3v) is 5.35. The molecular weight excluding hydrogens is 373 g/mol. The Morgan fingerprint density at radius 2 is 1.71 bits per heavy atom. The van der Waals surface area contributed by atoms with Crippen LogP contribution in [-0.2, 0) is 17.9 Å². The molecule has 0 unspecified atom stereocenters. The third-order valence-electron chi connectivity index (χ3n) is 4.94. The fourth-order valence-electron chi connectivity index (χ4n) is 3.45. The smallest absolute Gasteiger partial charge is 0.239 e. The van der Waals surface area contributed by atoms with Gasteiger partial charge < -0.3 is 15.5 Å². The highest BCUT2D eigenvalue weighted by atomic mass is 32.1. The summed E-state index contributed by atoms with van der Waals surface area (Å²) in [6.45, 7) is 0.987. The van der Waals surface area contributed by atoms with Crippen LogP contribution < -0.4 is 10.6 Å². The Balaban J connectivity index is 1.62. The summed E-state index contributed by atoms with van der Waals surface area (Å²) in [4.78, 5) is 14.1. The second-order valence-corrected chi connectivity index (χ2v) is 7.53. The van der Waals surface area contributed by atoms with E-state index in [9.17, 15) is 9.18 Å². The van der Waals surface area contributed by atoms with Crippen LogP contribution in [0.2, 0.25) is 0 Å². The highest BCUT2D eigenvalue weighted by molar-refractivity contribution is 7.80. The number of benzene rings is 2. The average molecular weight is 400 g/mol. The van der Waals surface area contributed by atoms with Gasteiger partial charge >= 0.3 is 0 Å². The van der Waals surface area contributed by atoms with Crippen molar-refractivity contribution < 1.29 is 9.18 Å². The van der Waals surface area contributed by atoms with Crippen molar-refractivity contribution in [2.75, 3.05) is 6.54 Å². The molecular formula is C22H26FN3OS. The molecule has 2 N–H and O–H groups in total. The Kier molecular flexibility index (Phi) is 7.37. The standard InChI is InChI=1S/C22H26FN3OS/c23-20-13-7-4-10-18(20)16-26(15-17-8-2-1-3-9-17)22(28)24-14-21(27)25-19-11-5-6-12-19/h1-4,7-10,13,19H,5-6,11-12,14-16H2,(H,24,28)(H,25,27). The van der Waals surface area contributed by atoms with Crippen LogP contribution in [0, 0.1) is 5.82 Å². The van der Waals surface area contributed by atoms with Gasteiger partial charge in [0.1, 0.15) is 5.82 Å². The average Bonchev–Trinajstić information content (AvgIpc) is 3.21.